The van der Waals surface area contributed by atoms with Crippen molar-refractivity contribution in [1.29, 1.82) is 0 Å². The highest BCUT2D eigenvalue weighted by molar-refractivity contribution is 5.50. The molecule has 5 nitrogen and oxygen atoms in total. The Kier molecular flexibility index (Phi) is 4.95. The van der Waals surface area contributed by atoms with E-state index in [0.29, 0.717) is 11.9 Å². The van der Waals surface area contributed by atoms with E-state index < -0.39 is 0 Å². The van der Waals surface area contributed by atoms with Crippen LogP contribution in [0.15, 0.2) is 42.7 Å². The van der Waals surface area contributed by atoms with Crippen LogP contribution >= 0.6 is 0 Å². The lowest BCUT2D eigenvalue weighted by molar-refractivity contribution is 0.231. The number of anilines is 2. The number of nitrogens with zero attached hydrogens (tertiary/aromatic N) is 3. The molecule has 2 aromatic rings. The Hall–Kier alpha value is -2.30. The molecule has 0 radical (unpaired) electrons. The molecule has 1 aromatic carbocycles. The monoisotopic (exact) mass is 312 g/mol. The van der Waals surface area contributed by atoms with Crippen LogP contribution in [0.2, 0.25) is 0 Å². The van der Waals surface area contributed by atoms with Crippen LogP contribution in [0.4, 0.5) is 11.5 Å². The molecular weight excluding hydrogens is 288 g/mol. The van der Waals surface area contributed by atoms with Crippen LogP contribution in [0.3, 0.4) is 0 Å². The van der Waals surface area contributed by atoms with Gasteiger partial charge < -0.3 is 15.0 Å². The molecule has 1 N–H and O–H groups in total. The Morgan fingerprint density at radius 3 is 2.74 bits per heavy atom. The van der Waals surface area contributed by atoms with Gasteiger partial charge in [-0.05, 0) is 38.8 Å². The fourth-order valence-electron chi connectivity index (χ4n) is 2.90. The van der Waals surface area contributed by atoms with Gasteiger partial charge in [-0.15, -0.1) is 0 Å². The minimum atomic E-state index is 0.0912. The Labute approximate surface area is 137 Å². The molecule has 0 aliphatic carbocycles. The van der Waals surface area contributed by atoms with E-state index in [1.165, 1.54) is 0 Å². The molecule has 1 aromatic heterocycles. The van der Waals surface area contributed by atoms with Crippen LogP contribution in [-0.4, -0.2) is 35.2 Å². The van der Waals surface area contributed by atoms with Crippen LogP contribution < -0.4 is 15.0 Å². The summed E-state index contributed by atoms with van der Waals surface area (Å²) in [5.41, 5.74) is 1.16. The highest BCUT2D eigenvalue weighted by Crippen LogP contribution is 2.27. The maximum Gasteiger partial charge on any atom is 0.257 e. The van der Waals surface area contributed by atoms with Crippen molar-refractivity contribution >= 4 is 11.5 Å². The molecule has 1 atom stereocenters. The Balaban J connectivity index is 1.71. The van der Waals surface area contributed by atoms with Crippen LogP contribution in [0.25, 0.3) is 0 Å². The summed E-state index contributed by atoms with van der Waals surface area (Å²) in [5, 5.41) is 3.61. The van der Waals surface area contributed by atoms with Crippen molar-refractivity contribution in [3.63, 3.8) is 0 Å². The van der Waals surface area contributed by atoms with Gasteiger partial charge in [0.1, 0.15) is 0 Å². The molecule has 1 aliphatic heterocycles. The van der Waals surface area contributed by atoms with Crippen molar-refractivity contribution in [2.24, 2.45) is 0 Å². The number of nitrogens with one attached hydrogen (secondary N) is 1. The van der Waals surface area contributed by atoms with Crippen LogP contribution in [0.5, 0.6) is 5.88 Å². The fraction of sp³-hybridized carbons (Fsp3) is 0.444. The van der Waals surface area contributed by atoms with E-state index in [4.69, 9.17) is 4.74 Å². The maximum atomic E-state index is 5.82. The highest BCUT2D eigenvalue weighted by Gasteiger charge is 2.24. The van der Waals surface area contributed by atoms with E-state index in [2.05, 4.69) is 44.5 Å². The minimum absolute atomic E-state index is 0.0912. The van der Waals surface area contributed by atoms with Gasteiger partial charge in [0, 0.05) is 37.2 Å². The number of ether oxygens (including phenoxy) is 1. The van der Waals surface area contributed by atoms with E-state index in [1.54, 1.807) is 12.4 Å². The van der Waals surface area contributed by atoms with E-state index in [0.717, 1.165) is 37.4 Å². The topological polar surface area (TPSA) is 50.3 Å². The summed E-state index contributed by atoms with van der Waals surface area (Å²) in [6, 6.07) is 10.8. The molecule has 0 spiro atoms. The molecular formula is C18H24N4O. The summed E-state index contributed by atoms with van der Waals surface area (Å²) in [7, 11) is 0. The number of benzene rings is 1. The van der Waals surface area contributed by atoms with Crippen molar-refractivity contribution in [2.75, 3.05) is 23.3 Å². The standard InChI is InChI=1S/C18H24N4O/c1-14(2)23-18-17(19-10-11-20-18)22-12-6-9-16(13-22)21-15-7-4-3-5-8-15/h3-5,7-8,10-11,14,16,21H,6,9,12-13H2,1-2H3. The lowest BCUT2D eigenvalue weighted by Crippen LogP contribution is -2.42. The second kappa shape index (κ2) is 7.31. The average Bonchev–Trinajstić information content (AvgIpc) is 2.56. The molecule has 3 rings (SSSR count). The predicted molar refractivity (Wildman–Crippen MR) is 93.1 cm³/mol. The van der Waals surface area contributed by atoms with E-state index in [9.17, 15) is 0 Å². The lowest BCUT2D eigenvalue weighted by Gasteiger charge is -2.34. The number of para-hydroxylation sites is 1. The van der Waals surface area contributed by atoms with Crippen molar-refractivity contribution in [3.05, 3.63) is 42.7 Å². The van der Waals surface area contributed by atoms with Gasteiger partial charge in [0.25, 0.3) is 5.88 Å². The molecule has 1 aliphatic rings. The fourth-order valence-corrected chi connectivity index (χ4v) is 2.90. The maximum absolute atomic E-state index is 5.82. The summed E-state index contributed by atoms with van der Waals surface area (Å²) in [6.45, 7) is 5.91. The molecule has 122 valence electrons. The first-order valence-electron chi connectivity index (χ1n) is 8.26. The van der Waals surface area contributed by atoms with Crippen molar-refractivity contribution < 1.29 is 4.74 Å². The molecule has 0 amide bonds. The summed E-state index contributed by atoms with van der Waals surface area (Å²) >= 11 is 0. The Bertz CT molecular complexity index is 617. The summed E-state index contributed by atoms with van der Waals surface area (Å²) in [6.07, 6.45) is 5.80. The second-order valence-electron chi connectivity index (χ2n) is 6.15. The number of rotatable bonds is 5. The third kappa shape index (κ3) is 4.12. The molecule has 0 bridgehead atoms. The lowest BCUT2D eigenvalue weighted by atomic mass is 10.1. The molecule has 5 heteroatoms. The first-order chi connectivity index (χ1) is 11.2. The van der Waals surface area contributed by atoms with Gasteiger partial charge in [0.05, 0.1) is 6.10 Å². The normalized spacial score (nSPS) is 18.0. The molecule has 1 fully saturated rings. The number of hydrogen-bond donors (Lipinski definition) is 1. The van der Waals surface area contributed by atoms with E-state index in [1.807, 2.05) is 19.9 Å². The number of piperidine rings is 1. The van der Waals surface area contributed by atoms with E-state index >= 15 is 0 Å². The third-order valence-electron chi connectivity index (χ3n) is 3.86. The summed E-state index contributed by atoms with van der Waals surface area (Å²) in [4.78, 5) is 11.1. The van der Waals surface area contributed by atoms with Gasteiger partial charge in [-0.2, -0.15) is 0 Å². The summed E-state index contributed by atoms with van der Waals surface area (Å²) in [5.74, 6) is 1.48. The van der Waals surface area contributed by atoms with Crippen molar-refractivity contribution in [1.82, 2.24) is 9.97 Å². The van der Waals surface area contributed by atoms with Crippen LogP contribution in [0, 0.1) is 0 Å². The van der Waals surface area contributed by atoms with E-state index in [-0.39, 0.29) is 6.10 Å². The predicted octanol–water partition coefficient (Wildman–Crippen LogP) is 3.34. The molecule has 2 heterocycles. The molecule has 0 saturated carbocycles. The van der Waals surface area contributed by atoms with Crippen molar-refractivity contribution in [3.8, 4) is 5.88 Å². The molecule has 1 unspecified atom stereocenters. The first kappa shape index (κ1) is 15.6. The largest absolute Gasteiger partial charge is 0.472 e. The quantitative estimate of drug-likeness (QED) is 0.917. The SMILES string of the molecule is CC(C)Oc1nccnc1N1CCCC(Nc2ccccc2)C1. The van der Waals surface area contributed by atoms with Gasteiger partial charge in [-0.1, -0.05) is 18.2 Å². The Morgan fingerprint density at radius 2 is 1.96 bits per heavy atom. The van der Waals surface area contributed by atoms with Gasteiger partial charge in [-0.3, -0.25) is 0 Å². The zero-order valence-corrected chi connectivity index (χ0v) is 13.8. The highest BCUT2D eigenvalue weighted by atomic mass is 16.5. The minimum Gasteiger partial charge on any atom is -0.472 e. The molecule has 1 saturated heterocycles. The van der Waals surface area contributed by atoms with Gasteiger partial charge in [-0.25, -0.2) is 9.97 Å². The smallest absolute Gasteiger partial charge is 0.257 e. The van der Waals surface area contributed by atoms with Gasteiger partial charge in [0.15, 0.2) is 5.82 Å². The van der Waals surface area contributed by atoms with Crippen LogP contribution in [0.1, 0.15) is 26.7 Å². The Morgan fingerprint density at radius 1 is 1.17 bits per heavy atom. The number of aromatic nitrogens is 2. The van der Waals surface area contributed by atoms with Crippen molar-refractivity contribution in [2.45, 2.75) is 38.8 Å². The zero-order chi connectivity index (χ0) is 16.1. The number of hydrogen-bond acceptors (Lipinski definition) is 5. The third-order valence-corrected chi connectivity index (χ3v) is 3.86. The first-order valence-corrected chi connectivity index (χ1v) is 8.26. The second-order valence-corrected chi connectivity index (χ2v) is 6.15. The van der Waals surface area contributed by atoms with Crippen LogP contribution in [-0.2, 0) is 0 Å². The van der Waals surface area contributed by atoms with Gasteiger partial charge in [0.2, 0.25) is 0 Å². The van der Waals surface area contributed by atoms with Gasteiger partial charge >= 0.3 is 0 Å². The molecule has 23 heavy (non-hydrogen) atoms. The average molecular weight is 312 g/mol. The summed E-state index contributed by atoms with van der Waals surface area (Å²) < 4.78 is 5.82. The zero-order valence-electron chi connectivity index (χ0n) is 13.8.